The van der Waals surface area contributed by atoms with E-state index in [1.54, 1.807) is 0 Å². The van der Waals surface area contributed by atoms with Gasteiger partial charge in [0.15, 0.2) is 0 Å². The second kappa shape index (κ2) is 5.64. The highest BCUT2D eigenvalue weighted by Crippen LogP contribution is 2.24. The predicted molar refractivity (Wildman–Crippen MR) is 62.0 cm³/mol. The van der Waals surface area contributed by atoms with Gasteiger partial charge in [0.2, 0.25) is 5.91 Å². The van der Waals surface area contributed by atoms with Gasteiger partial charge in [0.25, 0.3) is 0 Å². The molecule has 0 saturated heterocycles. The van der Waals surface area contributed by atoms with Crippen molar-refractivity contribution in [1.82, 2.24) is 10.6 Å². The molecule has 4 nitrogen and oxygen atoms in total. The Morgan fingerprint density at radius 3 is 2.69 bits per heavy atom. The molecule has 2 aliphatic rings. The summed E-state index contributed by atoms with van der Waals surface area (Å²) in [6.07, 6.45) is 5.89. The molecule has 2 saturated carbocycles. The average molecular weight is 226 g/mol. The van der Waals surface area contributed by atoms with Gasteiger partial charge in [-0.1, -0.05) is 6.42 Å². The molecule has 16 heavy (non-hydrogen) atoms. The van der Waals surface area contributed by atoms with Crippen LogP contribution in [0, 0.1) is 5.92 Å². The summed E-state index contributed by atoms with van der Waals surface area (Å²) in [6.45, 7) is 1.42. The summed E-state index contributed by atoms with van der Waals surface area (Å²) in [7, 11) is 0. The first kappa shape index (κ1) is 11.9. The molecule has 92 valence electrons. The third-order valence-electron chi connectivity index (χ3n) is 3.54. The molecule has 0 aromatic heterocycles. The number of hydrogen-bond acceptors (Lipinski definition) is 3. The van der Waals surface area contributed by atoms with Crippen LogP contribution in [-0.2, 0) is 4.79 Å². The number of nitrogens with one attached hydrogen (secondary N) is 2. The van der Waals surface area contributed by atoms with Crippen molar-refractivity contribution in [2.45, 2.75) is 50.7 Å². The van der Waals surface area contributed by atoms with Crippen molar-refractivity contribution >= 4 is 5.91 Å². The van der Waals surface area contributed by atoms with Crippen LogP contribution in [-0.4, -0.2) is 36.2 Å². The van der Waals surface area contributed by atoms with E-state index in [-0.39, 0.29) is 17.9 Å². The minimum absolute atomic E-state index is 0.104. The Labute approximate surface area is 96.8 Å². The third kappa shape index (κ3) is 3.76. The SMILES string of the molecule is O=C(CCNC1CC1)NCC1CCCC1O. The maximum Gasteiger partial charge on any atom is 0.221 e. The Morgan fingerprint density at radius 1 is 1.25 bits per heavy atom. The zero-order chi connectivity index (χ0) is 11.4. The zero-order valence-corrected chi connectivity index (χ0v) is 9.74. The number of rotatable bonds is 6. The van der Waals surface area contributed by atoms with Crippen LogP contribution in [0.3, 0.4) is 0 Å². The molecule has 0 spiro atoms. The molecule has 2 rings (SSSR count). The van der Waals surface area contributed by atoms with E-state index in [0.717, 1.165) is 25.8 Å². The van der Waals surface area contributed by atoms with Gasteiger partial charge in [-0.15, -0.1) is 0 Å². The summed E-state index contributed by atoms with van der Waals surface area (Å²) in [5, 5.41) is 15.8. The number of amides is 1. The normalized spacial score (nSPS) is 29.3. The van der Waals surface area contributed by atoms with Crippen LogP contribution >= 0.6 is 0 Å². The lowest BCUT2D eigenvalue weighted by molar-refractivity contribution is -0.121. The molecule has 2 atom stereocenters. The van der Waals surface area contributed by atoms with Crippen molar-refractivity contribution in [1.29, 1.82) is 0 Å². The topological polar surface area (TPSA) is 61.4 Å². The van der Waals surface area contributed by atoms with E-state index >= 15 is 0 Å². The molecule has 0 aromatic carbocycles. The van der Waals surface area contributed by atoms with E-state index in [4.69, 9.17) is 0 Å². The molecule has 0 aliphatic heterocycles. The summed E-state index contributed by atoms with van der Waals surface area (Å²) >= 11 is 0. The highest BCUT2D eigenvalue weighted by Gasteiger charge is 2.25. The second-order valence-corrected chi connectivity index (χ2v) is 5.04. The van der Waals surface area contributed by atoms with Gasteiger partial charge in [0.1, 0.15) is 0 Å². The van der Waals surface area contributed by atoms with Crippen LogP contribution in [0.2, 0.25) is 0 Å². The van der Waals surface area contributed by atoms with Gasteiger partial charge in [-0.05, 0) is 25.7 Å². The summed E-state index contributed by atoms with van der Waals surface area (Å²) in [5.41, 5.74) is 0. The fourth-order valence-electron chi connectivity index (χ4n) is 2.27. The van der Waals surface area contributed by atoms with Crippen LogP contribution < -0.4 is 10.6 Å². The van der Waals surface area contributed by atoms with Crippen molar-refractivity contribution in [2.24, 2.45) is 5.92 Å². The van der Waals surface area contributed by atoms with Crippen LogP contribution in [0.15, 0.2) is 0 Å². The maximum absolute atomic E-state index is 11.5. The number of hydrogen-bond donors (Lipinski definition) is 3. The van der Waals surface area contributed by atoms with Gasteiger partial charge in [-0.2, -0.15) is 0 Å². The summed E-state index contributed by atoms with van der Waals surface area (Å²) < 4.78 is 0. The van der Waals surface area contributed by atoms with Crippen LogP contribution in [0.1, 0.15) is 38.5 Å². The third-order valence-corrected chi connectivity index (χ3v) is 3.54. The molecular formula is C12H22N2O2. The van der Waals surface area contributed by atoms with Crippen LogP contribution in [0.25, 0.3) is 0 Å². The fraction of sp³-hybridized carbons (Fsp3) is 0.917. The highest BCUT2D eigenvalue weighted by atomic mass is 16.3. The van der Waals surface area contributed by atoms with Crippen LogP contribution in [0.5, 0.6) is 0 Å². The first-order valence-corrected chi connectivity index (χ1v) is 6.44. The summed E-state index contributed by atoms with van der Waals surface area (Å²) in [5.74, 6) is 0.382. The van der Waals surface area contributed by atoms with E-state index in [1.165, 1.54) is 12.8 Å². The number of carbonyl (C=O) groups is 1. The number of aliphatic hydroxyl groups is 1. The minimum Gasteiger partial charge on any atom is -0.393 e. The average Bonchev–Trinajstić information content (AvgIpc) is 2.99. The molecule has 2 fully saturated rings. The molecule has 3 N–H and O–H groups in total. The van der Waals surface area contributed by atoms with Gasteiger partial charge in [0, 0.05) is 31.5 Å². The molecule has 4 heteroatoms. The van der Waals surface area contributed by atoms with Crippen molar-refractivity contribution in [3.8, 4) is 0 Å². The Balaban J connectivity index is 1.52. The molecule has 1 amide bonds. The second-order valence-electron chi connectivity index (χ2n) is 5.04. The van der Waals surface area contributed by atoms with Crippen molar-refractivity contribution < 1.29 is 9.90 Å². The summed E-state index contributed by atoms with van der Waals surface area (Å²) in [4.78, 5) is 11.5. The Kier molecular flexibility index (Phi) is 4.18. The largest absolute Gasteiger partial charge is 0.393 e. The van der Waals surface area contributed by atoms with Gasteiger partial charge >= 0.3 is 0 Å². The maximum atomic E-state index is 11.5. The first-order valence-electron chi connectivity index (χ1n) is 6.44. The summed E-state index contributed by atoms with van der Waals surface area (Å²) in [6, 6.07) is 0.671. The minimum atomic E-state index is -0.204. The van der Waals surface area contributed by atoms with E-state index < -0.39 is 0 Å². The Bertz CT molecular complexity index is 241. The van der Waals surface area contributed by atoms with Crippen LogP contribution in [0.4, 0.5) is 0 Å². The number of aliphatic hydroxyl groups excluding tert-OH is 1. The predicted octanol–water partition coefficient (Wildman–Crippen LogP) is 0.406. The molecule has 2 unspecified atom stereocenters. The molecule has 0 bridgehead atoms. The van der Waals surface area contributed by atoms with E-state index in [1.807, 2.05) is 0 Å². The zero-order valence-electron chi connectivity index (χ0n) is 9.74. The lowest BCUT2D eigenvalue weighted by atomic mass is 10.1. The Morgan fingerprint density at radius 2 is 2.06 bits per heavy atom. The smallest absolute Gasteiger partial charge is 0.221 e. The first-order chi connectivity index (χ1) is 7.75. The van der Waals surface area contributed by atoms with Gasteiger partial charge in [-0.3, -0.25) is 4.79 Å². The lowest BCUT2D eigenvalue weighted by Crippen LogP contribution is -2.34. The van der Waals surface area contributed by atoms with Crippen molar-refractivity contribution in [3.63, 3.8) is 0 Å². The molecule has 2 aliphatic carbocycles. The quantitative estimate of drug-likeness (QED) is 0.614. The molecule has 0 aromatic rings. The highest BCUT2D eigenvalue weighted by molar-refractivity contribution is 5.76. The van der Waals surface area contributed by atoms with Gasteiger partial charge in [0.05, 0.1) is 6.10 Å². The van der Waals surface area contributed by atoms with E-state index in [0.29, 0.717) is 19.0 Å². The number of carbonyl (C=O) groups excluding carboxylic acids is 1. The fourth-order valence-corrected chi connectivity index (χ4v) is 2.27. The molecule has 0 radical (unpaired) electrons. The monoisotopic (exact) mass is 226 g/mol. The van der Waals surface area contributed by atoms with Crippen molar-refractivity contribution in [3.05, 3.63) is 0 Å². The van der Waals surface area contributed by atoms with Gasteiger partial charge in [-0.25, -0.2) is 0 Å². The van der Waals surface area contributed by atoms with Crippen molar-refractivity contribution in [2.75, 3.05) is 13.1 Å². The Hall–Kier alpha value is -0.610. The van der Waals surface area contributed by atoms with E-state index in [2.05, 4.69) is 10.6 Å². The lowest BCUT2D eigenvalue weighted by Gasteiger charge is -2.15. The van der Waals surface area contributed by atoms with Gasteiger partial charge < -0.3 is 15.7 Å². The molecular weight excluding hydrogens is 204 g/mol. The molecule has 0 heterocycles. The van der Waals surface area contributed by atoms with E-state index in [9.17, 15) is 9.90 Å². The standard InChI is InChI=1S/C12H22N2O2/c15-11-3-1-2-9(11)8-14-12(16)6-7-13-10-4-5-10/h9-11,13,15H,1-8H2,(H,14,16).